The Labute approximate surface area is 176 Å². The SMILES string of the molecule is Cc1nn(C)c(C)c1NC(=O)CN1C[C@@H](C(=O)N2CCCCC2)Oc2ccccc21. The Hall–Kier alpha value is -3.03. The highest BCUT2D eigenvalue weighted by atomic mass is 16.5. The maximum atomic E-state index is 13.0. The van der Waals surface area contributed by atoms with Crippen molar-refractivity contribution >= 4 is 23.2 Å². The van der Waals surface area contributed by atoms with E-state index in [0.717, 1.165) is 55.1 Å². The summed E-state index contributed by atoms with van der Waals surface area (Å²) in [6.45, 7) is 5.84. The second-order valence-electron chi connectivity index (χ2n) is 8.06. The molecule has 0 unspecified atom stereocenters. The van der Waals surface area contributed by atoms with Crippen molar-refractivity contribution in [3.8, 4) is 5.75 Å². The summed E-state index contributed by atoms with van der Waals surface area (Å²) in [6, 6.07) is 7.57. The topological polar surface area (TPSA) is 79.7 Å². The first-order valence-corrected chi connectivity index (χ1v) is 10.5. The van der Waals surface area contributed by atoms with Gasteiger partial charge in [-0.2, -0.15) is 5.10 Å². The fraction of sp³-hybridized carbons (Fsp3) is 0.500. The Morgan fingerprint density at radius 2 is 1.90 bits per heavy atom. The number of anilines is 2. The molecule has 160 valence electrons. The van der Waals surface area contributed by atoms with Crippen LogP contribution in [0.4, 0.5) is 11.4 Å². The molecule has 2 aromatic rings. The normalized spacial score (nSPS) is 18.6. The van der Waals surface area contributed by atoms with Crippen LogP contribution in [-0.2, 0) is 16.6 Å². The smallest absolute Gasteiger partial charge is 0.265 e. The largest absolute Gasteiger partial charge is 0.477 e. The lowest BCUT2D eigenvalue weighted by atomic mass is 10.1. The third-order valence-corrected chi connectivity index (χ3v) is 5.91. The monoisotopic (exact) mass is 411 g/mol. The molecule has 1 fully saturated rings. The number of aromatic nitrogens is 2. The molecular formula is C22H29N5O3. The fourth-order valence-electron chi connectivity index (χ4n) is 4.21. The summed E-state index contributed by atoms with van der Waals surface area (Å²) in [6.07, 6.45) is 2.63. The second-order valence-corrected chi connectivity index (χ2v) is 8.06. The summed E-state index contributed by atoms with van der Waals surface area (Å²) in [5, 5.41) is 7.34. The predicted molar refractivity (Wildman–Crippen MR) is 115 cm³/mol. The fourth-order valence-corrected chi connectivity index (χ4v) is 4.21. The van der Waals surface area contributed by atoms with E-state index in [4.69, 9.17) is 4.74 Å². The molecular weight excluding hydrogens is 382 g/mol. The van der Waals surface area contributed by atoms with Gasteiger partial charge < -0.3 is 19.9 Å². The molecule has 1 aromatic heterocycles. The summed E-state index contributed by atoms with van der Waals surface area (Å²) in [5.41, 5.74) is 3.25. The van der Waals surface area contributed by atoms with Gasteiger partial charge >= 0.3 is 0 Å². The molecule has 1 saturated heterocycles. The molecule has 1 atom stereocenters. The zero-order valence-electron chi connectivity index (χ0n) is 17.9. The first kappa shape index (κ1) is 20.3. The van der Waals surface area contributed by atoms with E-state index in [1.54, 1.807) is 4.68 Å². The summed E-state index contributed by atoms with van der Waals surface area (Å²) in [4.78, 5) is 29.7. The number of benzene rings is 1. The van der Waals surface area contributed by atoms with Crippen LogP contribution >= 0.6 is 0 Å². The average molecular weight is 412 g/mol. The Morgan fingerprint density at radius 1 is 1.17 bits per heavy atom. The van der Waals surface area contributed by atoms with Gasteiger partial charge in [-0.3, -0.25) is 14.3 Å². The number of para-hydroxylation sites is 2. The van der Waals surface area contributed by atoms with Crippen molar-refractivity contribution in [1.82, 2.24) is 14.7 Å². The van der Waals surface area contributed by atoms with E-state index >= 15 is 0 Å². The molecule has 0 aliphatic carbocycles. The minimum Gasteiger partial charge on any atom is -0.477 e. The molecule has 0 saturated carbocycles. The number of amides is 2. The van der Waals surface area contributed by atoms with Crippen LogP contribution in [0.1, 0.15) is 30.7 Å². The Morgan fingerprint density at radius 3 is 2.60 bits per heavy atom. The van der Waals surface area contributed by atoms with Gasteiger partial charge in [-0.25, -0.2) is 0 Å². The van der Waals surface area contributed by atoms with Crippen LogP contribution in [0, 0.1) is 13.8 Å². The summed E-state index contributed by atoms with van der Waals surface area (Å²) in [5.74, 6) is 0.504. The number of ether oxygens (including phenoxy) is 1. The Bertz CT molecular complexity index is 948. The molecule has 2 aliphatic heterocycles. The third kappa shape index (κ3) is 3.99. The molecule has 30 heavy (non-hydrogen) atoms. The molecule has 0 spiro atoms. The molecule has 2 amide bonds. The minimum atomic E-state index is -0.604. The first-order chi connectivity index (χ1) is 14.4. The lowest BCUT2D eigenvalue weighted by molar-refractivity contribution is -0.139. The number of nitrogens with zero attached hydrogens (tertiary/aromatic N) is 4. The maximum Gasteiger partial charge on any atom is 0.265 e. The van der Waals surface area contributed by atoms with Gasteiger partial charge in [0.2, 0.25) is 5.91 Å². The molecule has 0 radical (unpaired) electrons. The van der Waals surface area contributed by atoms with E-state index in [1.807, 2.05) is 55.0 Å². The number of rotatable bonds is 4. The predicted octanol–water partition coefficient (Wildman–Crippen LogP) is 2.26. The van der Waals surface area contributed by atoms with Crippen LogP contribution in [0.5, 0.6) is 5.75 Å². The molecule has 2 aliphatic rings. The van der Waals surface area contributed by atoms with Crippen LogP contribution in [0.3, 0.4) is 0 Å². The lowest BCUT2D eigenvalue weighted by Crippen LogP contribution is -2.52. The molecule has 1 aromatic carbocycles. The van der Waals surface area contributed by atoms with Crippen molar-refractivity contribution in [2.75, 3.05) is 36.4 Å². The van der Waals surface area contributed by atoms with Crippen molar-refractivity contribution in [1.29, 1.82) is 0 Å². The quantitative estimate of drug-likeness (QED) is 0.835. The van der Waals surface area contributed by atoms with E-state index in [0.29, 0.717) is 12.3 Å². The van der Waals surface area contributed by atoms with Crippen molar-refractivity contribution in [2.45, 2.75) is 39.2 Å². The summed E-state index contributed by atoms with van der Waals surface area (Å²) < 4.78 is 7.79. The van der Waals surface area contributed by atoms with Gasteiger partial charge in [-0.15, -0.1) is 0 Å². The van der Waals surface area contributed by atoms with Crippen molar-refractivity contribution in [3.05, 3.63) is 35.7 Å². The van der Waals surface area contributed by atoms with Crippen molar-refractivity contribution < 1.29 is 14.3 Å². The van der Waals surface area contributed by atoms with E-state index in [9.17, 15) is 9.59 Å². The first-order valence-electron chi connectivity index (χ1n) is 10.5. The summed E-state index contributed by atoms with van der Waals surface area (Å²) >= 11 is 0. The molecule has 0 bridgehead atoms. The second kappa shape index (κ2) is 8.38. The molecule has 4 rings (SSSR count). The highest BCUT2D eigenvalue weighted by molar-refractivity contribution is 5.95. The molecule has 8 heteroatoms. The average Bonchev–Trinajstić information content (AvgIpc) is 2.99. The molecule has 3 heterocycles. The minimum absolute atomic E-state index is 0.00793. The standard InChI is InChI=1S/C22H29N5O3/c1-15-21(16(2)25(3)24-15)23-20(28)14-27-13-19(22(29)26-11-7-4-8-12-26)30-18-10-6-5-9-17(18)27/h5-6,9-10,19H,4,7-8,11-14H2,1-3H3,(H,23,28)/t19-/m0/s1. The highest BCUT2D eigenvalue weighted by Crippen LogP contribution is 2.33. The number of piperidine rings is 1. The lowest BCUT2D eigenvalue weighted by Gasteiger charge is -2.38. The number of fused-ring (bicyclic) bond motifs is 1. The molecule has 1 N–H and O–H groups in total. The van der Waals surface area contributed by atoms with E-state index in [-0.39, 0.29) is 18.4 Å². The van der Waals surface area contributed by atoms with Gasteiger partial charge in [-0.1, -0.05) is 12.1 Å². The zero-order chi connectivity index (χ0) is 21.3. The van der Waals surface area contributed by atoms with Gasteiger partial charge in [0, 0.05) is 20.1 Å². The summed E-state index contributed by atoms with van der Waals surface area (Å²) in [7, 11) is 1.85. The Kier molecular flexibility index (Phi) is 5.65. The molecule has 8 nitrogen and oxygen atoms in total. The Balaban J connectivity index is 1.51. The number of aryl methyl sites for hydroxylation is 2. The van der Waals surface area contributed by atoms with E-state index in [1.165, 1.54) is 0 Å². The van der Waals surface area contributed by atoms with Crippen LogP contribution in [-0.4, -0.2) is 58.8 Å². The van der Waals surface area contributed by atoms with Gasteiger partial charge in [0.05, 0.1) is 35.9 Å². The number of nitrogens with one attached hydrogen (secondary N) is 1. The van der Waals surface area contributed by atoms with Crippen LogP contribution in [0.2, 0.25) is 0 Å². The highest BCUT2D eigenvalue weighted by Gasteiger charge is 2.34. The number of likely N-dealkylation sites (tertiary alicyclic amines) is 1. The van der Waals surface area contributed by atoms with E-state index in [2.05, 4.69) is 10.4 Å². The number of hydrogen-bond acceptors (Lipinski definition) is 5. The van der Waals surface area contributed by atoms with Gasteiger partial charge in [0.1, 0.15) is 5.75 Å². The van der Waals surface area contributed by atoms with Gasteiger partial charge in [0.15, 0.2) is 6.10 Å². The third-order valence-electron chi connectivity index (χ3n) is 5.91. The number of hydrogen-bond donors (Lipinski definition) is 1. The van der Waals surface area contributed by atoms with Crippen LogP contribution in [0.15, 0.2) is 24.3 Å². The zero-order valence-corrected chi connectivity index (χ0v) is 17.9. The maximum absolute atomic E-state index is 13.0. The van der Waals surface area contributed by atoms with Gasteiger partial charge in [0.25, 0.3) is 5.91 Å². The van der Waals surface area contributed by atoms with Crippen molar-refractivity contribution in [3.63, 3.8) is 0 Å². The van der Waals surface area contributed by atoms with Gasteiger partial charge in [-0.05, 0) is 45.2 Å². The number of carbonyl (C=O) groups is 2. The van der Waals surface area contributed by atoms with Crippen LogP contribution < -0.4 is 15.0 Å². The van der Waals surface area contributed by atoms with Crippen LogP contribution in [0.25, 0.3) is 0 Å². The number of carbonyl (C=O) groups excluding carboxylic acids is 2. The van der Waals surface area contributed by atoms with Crippen molar-refractivity contribution in [2.24, 2.45) is 7.05 Å². The van der Waals surface area contributed by atoms with E-state index < -0.39 is 6.10 Å².